The summed E-state index contributed by atoms with van der Waals surface area (Å²) in [5.41, 5.74) is 1.12. The van der Waals surface area contributed by atoms with Crippen LogP contribution >= 0.6 is 0 Å². The molecule has 0 saturated heterocycles. The molecule has 0 spiro atoms. The maximum Gasteiger partial charge on any atom is 0.132 e. The van der Waals surface area contributed by atoms with E-state index in [0.717, 1.165) is 18.0 Å². The first-order valence-corrected chi connectivity index (χ1v) is 2.61. The van der Waals surface area contributed by atoms with E-state index in [1.54, 1.807) is 6.26 Å². The third-order valence-electron chi connectivity index (χ3n) is 1.28. The molecule has 2 nitrogen and oxygen atoms in total. The summed E-state index contributed by atoms with van der Waals surface area (Å²) in [4.78, 5) is 0. The third kappa shape index (κ3) is 0.372. The van der Waals surface area contributed by atoms with Gasteiger partial charge in [0.15, 0.2) is 0 Å². The first-order chi connectivity index (χ1) is 3.97. The summed E-state index contributed by atoms with van der Waals surface area (Å²) < 4.78 is 5.06. The monoisotopic (exact) mass is 108 g/mol. The fourth-order valence-electron chi connectivity index (χ4n) is 0.879. The molecule has 0 amide bonds. The Morgan fingerprint density at radius 1 is 1.62 bits per heavy atom. The SMILES string of the molecule is [CH]1CNc2ccoc21. The predicted octanol–water partition coefficient (Wildman–Crippen LogP) is 1.26. The van der Waals surface area contributed by atoms with Crippen molar-refractivity contribution in [3.05, 3.63) is 24.5 Å². The Labute approximate surface area is 47.5 Å². The summed E-state index contributed by atoms with van der Waals surface area (Å²) >= 11 is 0. The van der Waals surface area contributed by atoms with Gasteiger partial charge in [0, 0.05) is 13.0 Å². The van der Waals surface area contributed by atoms with Gasteiger partial charge in [-0.3, -0.25) is 0 Å². The Bertz CT molecular complexity index is 174. The molecule has 0 aliphatic carbocycles. The van der Waals surface area contributed by atoms with Crippen LogP contribution < -0.4 is 5.32 Å². The molecule has 0 unspecified atom stereocenters. The summed E-state index contributed by atoms with van der Waals surface area (Å²) in [6.07, 6.45) is 3.71. The second kappa shape index (κ2) is 1.28. The molecule has 8 heavy (non-hydrogen) atoms. The van der Waals surface area contributed by atoms with E-state index in [9.17, 15) is 0 Å². The van der Waals surface area contributed by atoms with Crippen molar-refractivity contribution in [2.24, 2.45) is 0 Å². The highest BCUT2D eigenvalue weighted by molar-refractivity contribution is 5.55. The van der Waals surface area contributed by atoms with Crippen molar-refractivity contribution in [1.29, 1.82) is 0 Å². The van der Waals surface area contributed by atoms with E-state index in [1.165, 1.54) is 0 Å². The van der Waals surface area contributed by atoms with Crippen molar-refractivity contribution in [2.75, 3.05) is 11.9 Å². The van der Waals surface area contributed by atoms with E-state index in [0.29, 0.717) is 0 Å². The van der Waals surface area contributed by atoms with Crippen molar-refractivity contribution < 1.29 is 4.42 Å². The molecule has 1 aliphatic heterocycles. The summed E-state index contributed by atoms with van der Waals surface area (Å²) in [5, 5.41) is 3.13. The Balaban J connectivity index is 2.54. The predicted molar refractivity (Wildman–Crippen MR) is 30.6 cm³/mol. The molecule has 2 heteroatoms. The van der Waals surface area contributed by atoms with E-state index in [2.05, 4.69) is 5.32 Å². The van der Waals surface area contributed by atoms with Gasteiger partial charge in [-0.25, -0.2) is 0 Å². The molecule has 0 saturated carbocycles. The van der Waals surface area contributed by atoms with Gasteiger partial charge >= 0.3 is 0 Å². The maximum absolute atomic E-state index is 5.06. The maximum atomic E-state index is 5.06. The number of fused-ring (bicyclic) bond motifs is 1. The molecule has 1 aromatic rings. The minimum atomic E-state index is 0.912. The molecule has 41 valence electrons. The van der Waals surface area contributed by atoms with Crippen LogP contribution in [0.4, 0.5) is 5.69 Å². The molecule has 0 bridgehead atoms. The Hall–Kier alpha value is -0.920. The van der Waals surface area contributed by atoms with Crippen LogP contribution in [0.1, 0.15) is 5.76 Å². The van der Waals surface area contributed by atoms with Crippen molar-refractivity contribution >= 4 is 5.69 Å². The van der Waals surface area contributed by atoms with Gasteiger partial charge in [0.05, 0.1) is 12.0 Å². The van der Waals surface area contributed by atoms with E-state index >= 15 is 0 Å². The van der Waals surface area contributed by atoms with Crippen LogP contribution in [0.3, 0.4) is 0 Å². The van der Waals surface area contributed by atoms with E-state index in [1.807, 2.05) is 12.5 Å². The lowest BCUT2D eigenvalue weighted by Gasteiger charge is -1.84. The highest BCUT2D eigenvalue weighted by Crippen LogP contribution is 2.23. The van der Waals surface area contributed by atoms with E-state index in [-0.39, 0.29) is 0 Å². The minimum absolute atomic E-state index is 0.912. The lowest BCUT2D eigenvalue weighted by atomic mass is 10.4. The molecule has 0 aromatic carbocycles. The van der Waals surface area contributed by atoms with E-state index < -0.39 is 0 Å². The topological polar surface area (TPSA) is 25.2 Å². The highest BCUT2D eigenvalue weighted by atomic mass is 16.3. The molecule has 1 radical (unpaired) electrons. The van der Waals surface area contributed by atoms with Crippen LogP contribution in [0, 0.1) is 6.42 Å². The first-order valence-electron chi connectivity index (χ1n) is 2.61. The molecular formula is C6H6NO. The van der Waals surface area contributed by atoms with Gasteiger partial charge < -0.3 is 9.73 Å². The number of hydrogen-bond acceptors (Lipinski definition) is 2. The molecule has 0 fully saturated rings. The average Bonchev–Trinajstić information content (AvgIpc) is 2.15. The van der Waals surface area contributed by atoms with Crippen molar-refractivity contribution in [1.82, 2.24) is 0 Å². The van der Waals surface area contributed by atoms with Gasteiger partial charge in [-0.2, -0.15) is 0 Å². The third-order valence-corrected chi connectivity index (χ3v) is 1.28. The number of anilines is 1. The van der Waals surface area contributed by atoms with Gasteiger partial charge in [0.2, 0.25) is 0 Å². The quantitative estimate of drug-likeness (QED) is 0.541. The van der Waals surface area contributed by atoms with Gasteiger partial charge in [-0.1, -0.05) is 0 Å². The average molecular weight is 108 g/mol. The van der Waals surface area contributed by atoms with Crippen LogP contribution in [-0.2, 0) is 0 Å². The minimum Gasteiger partial charge on any atom is -0.467 e. The van der Waals surface area contributed by atoms with Crippen molar-refractivity contribution in [2.45, 2.75) is 0 Å². The van der Waals surface area contributed by atoms with Crippen LogP contribution in [0.2, 0.25) is 0 Å². The molecule has 1 aromatic heterocycles. The van der Waals surface area contributed by atoms with Gasteiger partial charge in [0.1, 0.15) is 5.76 Å². The van der Waals surface area contributed by atoms with Crippen molar-refractivity contribution in [3.63, 3.8) is 0 Å². The van der Waals surface area contributed by atoms with Gasteiger partial charge in [0.25, 0.3) is 0 Å². The lowest BCUT2D eigenvalue weighted by Crippen LogP contribution is -1.89. The zero-order chi connectivity index (χ0) is 5.40. The summed E-state index contributed by atoms with van der Waals surface area (Å²) in [7, 11) is 0. The Morgan fingerprint density at radius 3 is 3.50 bits per heavy atom. The standard InChI is InChI=1S/C6H6NO/c1-3-7-5-2-4-8-6(1)5/h1-2,4,7H,3H2. The fraction of sp³-hybridized carbons (Fsp3) is 0.167. The molecule has 0 atom stereocenters. The van der Waals surface area contributed by atoms with Crippen LogP contribution in [0.5, 0.6) is 0 Å². The fourth-order valence-corrected chi connectivity index (χ4v) is 0.879. The zero-order valence-corrected chi connectivity index (χ0v) is 4.35. The van der Waals surface area contributed by atoms with Gasteiger partial charge in [-0.05, 0) is 6.07 Å². The first kappa shape index (κ1) is 4.01. The van der Waals surface area contributed by atoms with E-state index in [4.69, 9.17) is 4.42 Å². The second-order valence-corrected chi connectivity index (χ2v) is 1.78. The van der Waals surface area contributed by atoms with Gasteiger partial charge in [-0.15, -0.1) is 0 Å². The smallest absolute Gasteiger partial charge is 0.132 e. The van der Waals surface area contributed by atoms with Crippen LogP contribution in [0.15, 0.2) is 16.7 Å². The lowest BCUT2D eigenvalue weighted by molar-refractivity contribution is 0.544. The highest BCUT2D eigenvalue weighted by Gasteiger charge is 2.11. The molecule has 1 aliphatic rings. The normalized spacial score (nSPS) is 15.5. The number of rotatable bonds is 0. The molecule has 2 rings (SSSR count). The van der Waals surface area contributed by atoms with Crippen molar-refractivity contribution in [3.8, 4) is 0 Å². The van der Waals surface area contributed by atoms with Crippen LogP contribution in [0.25, 0.3) is 0 Å². The summed E-state index contributed by atoms with van der Waals surface area (Å²) in [5.74, 6) is 0.977. The molecule has 1 N–H and O–H groups in total. The zero-order valence-electron chi connectivity index (χ0n) is 4.35. The summed E-state index contributed by atoms with van der Waals surface area (Å²) in [6, 6.07) is 1.93. The Morgan fingerprint density at radius 2 is 2.62 bits per heavy atom. The number of nitrogens with one attached hydrogen (secondary N) is 1. The number of furan rings is 1. The molecular weight excluding hydrogens is 102 g/mol. The second-order valence-electron chi connectivity index (χ2n) is 1.78. The number of hydrogen-bond donors (Lipinski definition) is 1. The summed E-state index contributed by atoms with van der Waals surface area (Å²) in [6.45, 7) is 0.912. The largest absolute Gasteiger partial charge is 0.467 e. The van der Waals surface area contributed by atoms with Crippen LogP contribution in [-0.4, -0.2) is 6.54 Å². The Kier molecular flexibility index (Phi) is 0.640. The molecule has 2 heterocycles.